The van der Waals surface area contributed by atoms with E-state index in [1.807, 2.05) is 97.9 Å². The summed E-state index contributed by atoms with van der Waals surface area (Å²) in [6.45, 7) is 3.63. The van der Waals surface area contributed by atoms with Crippen molar-refractivity contribution in [3.8, 4) is 5.75 Å². The number of ether oxygens (including phenoxy) is 1. The van der Waals surface area contributed by atoms with E-state index in [4.69, 9.17) is 9.73 Å². The fourth-order valence-corrected chi connectivity index (χ4v) is 4.23. The molecule has 1 aliphatic rings. The number of carbonyl (C=O) groups is 1. The van der Waals surface area contributed by atoms with Crippen LogP contribution in [0.3, 0.4) is 0 Å². The van der Waals surface area contributed by atoms with E-state index in [9.17, 15) is 4.79 Å². The number of amidine groups is 1. The van der Waals surface area contributed by atoms with Crippen LogP contribution in [0.25, 0.3) is 6.08 Å². The molecule has 3 aromatic rings. The largest absolute Gasteiger partial charge is 0.494 e. The van der Waals surface area contributed by atoms with E-state index in [0.29, 0.717) is 24.6 Å². The number of rotatable bonds is 7. The number of aliphatic imine (C=N–C) groups is 1. The molecule has 0 saturated carbocycles. The molecule has 0 spiro atoms. The summed E-state index contributed by atoms with van der Waals surface area (Å²) in [6.07, 6.45) is 1.92. The standard InChI is InChI=1S/C26H24N2O2S/c1-2-30-23-15-13-20(14-16-23)17-24-25(29)28(19-22-11-7-4-8-12-22)26(31-24)27-18-21-9-5-3-6-10-21/h3-17H,2,18-19H2,1H3. The first-order valence-corrected chi connectivity index (χ1v) is 11.1. The van der Waals surface area contributed by atoms with Gasteiger partial charge in [0, 0.05) is 0 Å². The van der Waals surface area contributed by atoms with Gasteiger partial charge in [0.25, 0.3) is 5.91 Å². The highest BCUT2D eigenvalue weighted by Crippen LogP contribution is 2.34. The van der Waals surface area contributed by atoms with Crippen molar-refractivity contribution in [3.63, 3.8) is 0 Å². The minimum atomic E-state index is -0.0189. The molecule has 3 aromatic carbocycles. The minimum Gasteiger partial charge on any atom is -0.494 e. The predicted octanol–water partition coefficient (Wildman–Crippen LogP) is 5.76. The van der Waals surface area contributed by atoms with Crippen LogP contribution in [0.5, 0.6) is 5.75 Å². The molecule has 156 valence electrons. The van der Waals surface area contributed by atoms with Gasteiger partial charge in [-0.25, -0.2) is 0 Å². The van der Waals surface area contributed by atoms with Crippen LogP contribution in [-0.2, 0) is 17.9 Å². The Kier molecular flexibility index (Phi) is 6.85. The van der Waals surface area contributed by atoms with Crippen molar-refractivity contribution in [2.45, 2.75) is 20.0 Å². The van der Waals surface area contributed by atoms with Gasteiger partial charge in [-0.1, -0.05) is 72.8 Å². The van der Waals surface area contributed by atoms with Crippen LogP contribution < -0.4 is 4.74 Å². The second-order valence-corrected chi connectivity index (χ2v) is 8.08. The Hall–Kier alpha value is -3.31. The van der Waals surface area contributed by atoms with Crippen LogP contribution in [0, 0.1) is 0 Å². The lowest BCUT2D eigenvalue weighted by Crippen LogP contribution is -2.28. The Morgan fingerprint density at radius 3 is 2.19 bits per heavy atom. The molecule has 1 amide bonds. The molecule has 4 rings (SSSR count). The number of thioether (sulfide) groups is 1. The zero-order valence-electron chi connectivity index (χ0n) is 17.4. The van der Waals surface area contributed by atoms with Gasteiger partial charge in [0.15, 0.2) is 5.17 Å². The fraction of sp³-hybridized carbons (Fsp3) is 0.154. The van der Waals surface area contributed by atoms with E-state index >= 15 is 0 Å². The molecule has 0 bridgehead atoms. The monoisotopic (exact) mass is 428 g/mol. The molecule has 4 nitrogen and oxygen atoms in total. The van der Waals surface area contributed by atoms with E-state index in [2.05, 4.69) is 0 Å². The number of benzene rings is 3. The van der Waals surface area contributed by atoms with E-state index < -0.39 is 0 Å². The van der Waals surface area contributed by atoms with Crippen molar-refractivity contribution >= 4 is 28.9 Å². The van der Waals surface area contributed by atoms with Gasteiger partial charge in [-0.2, -0.15) is 0 Å². The number of amides is 1. The van der Waals surface area contributed by atoms with Crippen molar-refractivity contribution in [1.82, 2.24) is 4.90 Å². The van der Waals surface area contributed by atoms with Crippen molar-refractivity contribution in [2.75, 3.05) is 6.61 Å². The van der Waals surface area contributed by atoms with Crippen LogP contribution in [0.15, 0.2) is 94.8 Å². The summed E-state index contributed by atoms with van der Waals surface area (Å²) in [6, 6.07) is 27.9. The Labute approximate surface area is 187 Å². The van der Waals surface area contributed by atoms with Crippen molar-refractivity contribution in [2.24, 2.45) is 4.99 Å². The quantitative estimate of drug-likeness (QED) is 0.450. The van der Waals surface area contributed by atoms with E-state index in [-0.39, 0.29) is 5.91 Å². The van der Waals surface area contributed by atoms with Gasteiger partial charge in [0.05, 0.1) is 24.6 Å². The fourth-order valence-electron chi connectivity index (χ4n) is 3.25. The first kappa shape index (κ1) is 20.9. The molecule has 31 heavy (non-hydrogen) atoms. The normalized spacial score (nSPS) is 16.3. The third-order valence-electron chi connectivity index (χ3n) is 4.80. The maximum Gasteiger partial charge on any atom is 0.267 e. The highest BCUT2D eigenvalue weighted by molar-refractivity contribution is 8.18. The molecular formula is C26H24N2O2S. The van der Waals surface area contributed by atoms with Crippen LogP contribution >= 0.6 is 11.8 Å². The van der Waals surface area contributed by atoms with E-state index in [1.54, 1.807) is 4.90 Å². The van der Waals surface area contributed by atoms with Crippen molar-refractivity contribution in [1.29, 1.82) is 0 Å². The number of hydrogen-bond acceptors (Lipinski definition) is 4. The Bertz CT molecular complexity index is 1080. The third-order valence-corrected chi connectivity index (χ3v) is 5.84. The molecule has 0 atom stereocenters. The SMILES string of the molecule is CCOc1ccc(C=C2SC(=NCc3ccccc3)N(Cc3ccccc3)C2=O)cc1. The molecule has 0 aromatic heterocycles. The lowest BCUT2D eigenvalue weighted by Gasteiger charge is -2.15. The first-order valence-electron chi connectivity index (χ1n) is 10.3. The molecule has 1 fully saturated rings. The summed E-state index contributed by atoms with van der Waals surface area (Å²) in [4.78, 5) is 20.5. The Morgan fingerprint density at radius 1 is 0.903 bits per heavy atom. The molecular weight excluding hydrogens is 404 g/mol. The lowest BCUT2D eigenvalue weighted by molar-refractivity contribution is -0.122. The minimum absolute atomic E-state index is 0.0189. The van der Waals surface area contributed by atoms with Gasteiger partial charge < -0.3 is 4.74 Å². The van der Waals surface area contributed by atoms with Crippen LogP contribution in [0.4, 0.5) is 0 Å². The molecule has 0 unspecified atom stereocenters. The van der Waals surface area contributed by atoms with Crippen LogP contribution in [-0.4, -0.2) is 22.6 Å². The first-order chi connectivity index (χ1) is 15.2. The lowest BCUT2D eigenvalue weighted by atomic mass is 10.2. The molecule has 1 saturated heterocycles. The van der Waals surface area contributed by atoms with Crippen molar-refractivity contribution < 1.29 is 9.53 Å². The molecule has 1 heterocycles. The zero-order chi connectivity index (χ0) is 21.5. The maximum absolute atomic E-state index is 13.2. The van der Waals surface area contributed by atoms with Gasteiger partial charge in [-0.15, -0.1) is 0 Å². The van der Waals surface area contributed by atoms with Gasteiger partial charge in [0.1, 0.15) is 5.75 Å². The number of hydrogen-bond donors (Lipinski definition) is 0. The zero-order valence-corrected chi connectivity index (χ0v) is 18.2. The van der Waals surface area contributed by atoms with E-state index in [0.717, 1.165) is 27.6 Å². The summed E-state index contributed by atoms with van der Waals surface area (Å²) in [7, 11) is 0. The van der Waals surface area contributed by atoms with Gasteiger partial charge in [-0.05, 0) is 53.6 Å². The van der Waals surface area contributed by atoms with Gasteiger partial charge >= 0.3 is 0 Å². The predicted molar refractivity (Wildman–Crippen MR) is 128 cm³/mol. The second-order valence-electron chi connectivity index (χ2n) is 7.07. The molecule has 0 N–H and O–H groups in total. The highest BCUT2D eigenvalue weighted by atomic mass is 32.2. The molecule has 5 heteroatoms. The van der Waals surface area contributed by atoms with Gasteiger partial charge in [-0.3, -0.25) is 14.7 Å². The number of nitrogens with zero attached hydrogens (tertiary/aromatic N) is 2. The van der Waals surface area contributed by atoms with Crippen molar-refractivity contribution in [3.05, 3.63) is 107 Å². The van der Waals surface area contributed by atoms with Crippen LogP contribution in [0.2, 0.25) is 0 Å². The summed E-state index contributed by atoms with van der Waals surface area (Å²) in [5.74, 6) is 0.806. The summed E-state index contributed by atoms with van der Waals surface area (Å²) in [5.41, 5.74) is 3.15. The highest BCUT2D eigenvalue weighted by Gasteiger charge is 2.33. The number of carbonyl (C=O) groups excluding carboxylic acids is 1. The average molecular weight is 429 g/mol. The second kappa shape index (κ2) is 10.1. The summed E-state index contributed by atoms with van der Waals surface area (Å²) < 4.78 is 5.51. The molecule has 0 aliphatic carbocycles. The third kappa shape index (κ3) is 5.44. The Balaban J connectivity index is 1.59. The Morgan fingerprint density at radius 2 is 1.55 bits per heavy atom. The summed E-state index contributed by atoms with van der Waals surface area (Å²) in [5, 5.41) is 0.731. The maximum atomic E-state index is 13.2. The smallest absolute Gasteiger partial charge is 0.267 e. The topological polar surface area (TPSA) is 41.9 Å². The van der Waals surface area contributed by atoms with E-state index in [1.165, 1.54) is 11.8 Å². The molecule has 1 aliphatic heterocycles. The van der Waals surface area contributed by atoms with Crippen LogP contribution in [0.1, 0.15) is 23.6 Å². The van der Waals surface area contributed by atoms with Gasteiger partial charge in [0.2, 0.25) is 0 Å². The molecule has 0 radical (unpaired) electrons. The average Bonchev–Trinajstić information content (AvgIpc) is 3.09. The summed E-state index contributed by atoms with van der Waals surface area (Å²) >= 11 is 1.43.